The van der Waals surface area contributed by atoms with Crippen molar-refractivity contribution < 1.29 is 0 Å². The summed E-state index contributed by atoms with van der Waals surface area (Å²) >= 11 is 0. The minimum absolute atomic E-state index is 0.983. The van der Waals surface area contributed by atoms with E-state index in [2.05, 4.69) is 70.1 Å². The van der Waals surface area contributed by atoms with Crippen LogP contribution in [-0.2, 0) is 6.54 Å². The van der Waals surface area contributed by atoms with Crippen LogP contribution in [-0.4, -0.2) is 45.8 Å². The van der Waals surface area contributed by atoms with E-state index in [0.29, 0.717) is 0 Å². The van der Waals surface area contributed by atoms with Gasteiger partial charge in [-0.1, -0.05) is 12.1 Å². The molecule has 0 unspecified atom stereocenters. The molecule has 2 aromatic heterocycles. The second kappa shape index (κ2) is 7.30. The molecular weight excluding hydrogens is 322 g/mol. The second-order valence-corrected chi connectivity index (χ2v) is 6.99. The van der Waals surface area contributed by atoms with Crippen molar-refractivity contribution in [1.82, 2.24) is 19.7 Å². The van der Waals surface area contributed by atoms with Crippen LogP contribution >= 0.6 is 0 Å². The molecule has 3 aromatic rings. The molecular formula is C21H25N5. The zero-order valence-electron chi connectivity index (χ0n) is 15.5. The highest BCUT2D eigenvalue weighted by molar-refractivity contribution is 5.48. The number of nitrogens with zero attached hydrogens (tertiary/aromatic N) is 5. The monoisotopic (exact) mass is 347 g/mol. The topological polar surface area (TPSA) is 37.2 Å². The lowest BCUT2D eigenvalue weighted by molar-refractivity contribution is 0.250. The zero-order chi connectivity index (χ0) is 17.9. The lowest BCUT2D eigenvalue weighted by atomic mass is 10.1. The molecule has 1 aliphatic rings. The van der Waals surface area contributed by atoms with E-state index in [1.807, 2.05) is 23.1 Å². The van der Waals surface area contributed by atoms with Gasteiger partial charge >= 0.3 is 0 Å². The third-order valence-corrected chi connectivity index (χ3v) is 4.89. The number of hydrogen-bond donors (Lipinski definition) is 0. The summed E-state index contributed by atoms with van der Waals surface area (Å²) in [5, 5.41) is 4.32. The van der Waals surface area contributed by atoms with Crippen molar-refractivity contribution in [3.05, 3.63) is 71.8 Å². The fourth-order valence-corrected chi connectivity index (χ4v) is 3.64. The van der Waals surface area contributed by atoms with Crippen LogP contribution in [0, 0.1) is 13.8 Å². The number of aromatic nitrogens is 3. The summed E-state index contributed by atoms with van der Waals surface area (Å²) in [5.74, 6) is 0. The minimum atomic E-state index is 0.983. The van der Waals surface area contributed by atoms with Gasteiger partial charge in [0.05, 0.1) is 5.69 Å². The fourth-order valence-electron chi connectivity index (χ4n) is 3.64. The molecule has 134 valence electrons. The van der Waals surface area contributed by atoms with E-state index >= 15 is 0 Å². The first-order valence-corrected chi connectivity index (χ1v) is 9.19. The van der Waals surface area contributed by atoms with E-state index in [0.717, 1.165) is 49.8 Å². The standard InChI is InChI=1S/C21H25N5/c1-17-13-21(14-18(2)23-17)25-11-9-24(10-12-25)16-19-5-3-6-20(15-19)26-8-4-7-22-26/h3-8,13-15H,9-12,16H2,1-2H3. The molecule has 4 rings (SSSR count). The van der Waals surface area contributed by atoms with Crippen molar-refractivity contribution in [2.45, 2.75) is 20.4 Å². The summed E-state index contributed by atoms with van der Waals surface area (Å²) in [6.45, 7) is 9.39. The maximum Gasteiger partial charge on any atom is 0.0648 e. The van der Waals surface area contributed by atoms with E-state index < -0.39 is 0 Å². The van der Waals surface area contributed by atoms with Crippen LogP contribution in [0.4, 0.5) is 5.69 Å². The Morgan fingerprint density at radius 3 is 2.35 bits per heavy atom. The van der Waals surface area contributed by atoms with Crippen LogP contribution in [0.5, 0.6) is 0 Å². The Labute approximate surface area is 154 Å². The predicted molar refractivity (Wildman–Crippen MR) is 105 cm³/mol. The molecule has 5 heteroatoms. The van der Waals surface area contributed by atoms with Crippen LogP contribution in [0.3, 0.4) is 0 Å². The molecule has 0 spiro atoms. The molecule has 0 amide bonds. The molecule has 0 atom stereocenters. The summed E-state index contributed by atoms with van der Waals surface area (Å²) in [6, 6.07) is 15.0. The van der Waals surface area contributed by atoms with Gasteiger partial charge in [-0.2, -0.15) is 5.10 Å². The van der Waals surface area contributed by atoms with Crippen molar-refractivity contribution in [3.63, 3.8) is 0 Å². The molecule has 0 bridgehead atoms. The van der Waals surface area contributed by atoms with Crippen LogP contribution in [0.15, 0.2) is 54.9 Å². The van der Waals surface area contributed by atoms with E-state index in [-0.39, 0.29) is 0 Å². The lowest BCUT2D eigenvalue weighted by Crippen LogP contribution is -2.46. The quantitative estimate of drug-likeness (QED) is 0.726. The highest BCUT2D eigenvalue weighted by Gasteiger charge is 2.18. The molecule has 0 radical (unpaired) electrons. The Kier molecular flexibility index (Phi) is 4.71. The first-order valence-electron chi connectivity index (χ1n) is 9.19. The average Bonchev–Trinajstić information content (AvgIpc) is 3.16. The highest BCUT2D eigenvalue weighted by atomic mass is 15.3. The molecule has 1 saturated heterocycles. The number of benzene rings is 1. The largest absolute Gasteiger partial charge is 0.369 e. The van der Waals surface area contributed by atoms with Crippen LogP contribution in [0.1, 0.15) is 17.0 Å². The molecule has 1 aliphatic heterocycles. The third-order valence-electron chi connectivity index (χ3n) is 4.89. The van der Waals surface area contributed by atoms with Crippen LogP contribution in [0.2, 0.25) is 0 Å². The van der Waals surface area contributed by atoms with Gasteiger partial charge in [0.1, 0.15) is 0 Å². The molecule has 5 nitrogen and oxygen atoms in total. The first-order chi connectivity index (χ1) is 12.7. The first kappa shape index (κ1) is 16.8. The fraction of sp³-hybridized carbons (Fsp3) is 0.333. The number of aryl methyl sites for hydroxylation is 2. The van der Waals surface area contributed by atoms with Crippen LogP contribution in [0.25, 0.3) is 5.69 Å². The lowest BCUT2D eigenvalue weighted by Gasteiger charge is -2.36. The molecule has 0 saturated carbocycles. The Balaban J connectivity index is 1.39. The Bertz CT molecular complexity index is 844. The Morgan fingerprint density at radius 1 is 0.885 bits per heavy atom. The van der Waals surface area contributed by atoms with Gasteiger partial charge in [-0.3, -0.25) is 9.88 Å². The molecule has 0 N–H and O–H groups in total. The molecule has 1 fully saturated rings. The van der Waals surface area contributed by atoms with Gasteiger partial charge in [-0.05, 0) is 49.7 Å². The van der Waals surface area contributed by atoms with Gasteiger partial charge in [0.2, 0.25) is 0 Å². The number of piperazine rings is 1. The Hall–Kier alpha value is -2.66. The van der Waals surface area contributed by atoms with Crippen molar-refractivity contribution >= 4 is 5.69 Å². The molecule has 1 aromatic carbocycles. The normalized spacial score (nSPS) is 15.4. The van der Waals surface area contributed by atoms with E-state index in [9.17, 15) is 0 Å². The Morgan fingerprint density at radius 2 is 1.65 bits per heavy atom. The van der Waals surface area contributed by atoms with Gasteiger partial charge in [-0.15, -0.1) is 0 Å². The number of pyridine rings is 1. The average molecular weight is 347 g/mol. The summed E-state index contributed by atoms with van der Waals surface area (Å²) in [7, 11) is 0. The minimum Gasteiger partial charge on any atom is -0.369 e. The number of rotatable bonds is 4. The molecule has 3 heterocycles. The van der Waals surface area contributed by atoms with Gasteiger partial charge in [0, 0.05) is 62.2 Å². The van der Waals surface area contributed by atoms with Gasteiger partial charge in [0.15, 0.2) is 0 Å². The second-order valence-electron chi connectivity index (χ2n) is 6.99. The zero-order valence-corrected chi connectivity index (χ0v) is 15.5. The van der Waals surface area contributed by atoms with Gasteiger partial charge in [0.25, 0.3) is 0 Å². The van der Waals surface area contributed by atoms with Crippen molar-refractivity contribution in [2.24, 2.45) is 0 Å². The van der Waals surface area contributed by atoms with E-state index in [4.69, 9.17) is 0 Å². The van der Waals surface area contributed by atoms with Gasteiger partial charge < -0.3 is 4.90 Å². The maximum atomic E-state index is 4.49. The molecule has 0 aliphatic carbocycles. The predicted octanol–water partition coefficient (Wildman–Crippen LogP) is 3.21. The maximum absolute atomic E-state index is 4.49. The number of anilines is 1. The van der Waals surface area contributed by atoms with Crippen molar-refractivity contribution in [1.29, 1.82) is 0 Å². The van der Waals surface area contributed by atoms with E-state index in [1.165, 1.54) is 11.3 Å². The van der Waals surface area contributed by atoms with Crippen molar-refractivity contribution in [3.8, 4) is 5.69 Å². The highest BCUT2D eigenvalue weighted by Crippen LogP contribution is 2.20. The summed E-state index contributed by atoms with van der Waals surface area (Å²) in [6.07, 6.45) is 3.80. The number of hydrogen-bond acceptors (Lipinski definition) is 4. The smallest absolute Gasteiger partial charge is 0.0648 e. The van der Waals surface area contributed by atoms with Crippen molar-refractivity contribution in [2.75, 3.05) is 31.1 Å². The SMILES string of the molecule is Cc1cc(N2CCN(Cc3cccc(-n4cccn4)c3)CC2)cc(C)n1. The van der Waals surface area contributed by atoms with Gasteiger partial charge in [-0.25, -0.2) is 4.68 Å². The summed E-state index contributed by atoms with van der Waals surface area (Å²) in [4.78, 5) is 9.48. The summed E-state index contributed by atoms with van der Waals surface area (Å²) < 4.78 is 1.91. The summed E-state index contributed by atoms with van der Waals surface area (Å²) in [5.41, 5.74) is 5.95. The van der Waals surface area contributed by atoms with E-state index in [1.54, 1.807) is 0 Å². The molecule has 26 heavy (non-hydrogen) atoms. The third kappa shape index (κ3) is 3.78. The van der Waals surface area contributed by atoms with Crippen LogP contribution < -0.4 is 4.90 Å².